The first-order valence-corrected chi connectivity index (χ1v) is 10.1. The lowest BCUT2D eigenvalue weighted by molar-refractivity contribution is 1.21. The molecule has 0 aliphatic heterocycles. The van der Waals surface area contributed by atoms with E-state index in [0.717, 1.165) is 11.4 Å². The molecular weight excluding hydrogens is 333 g/mol. The summed E-state index contributed by atoms with van der Waals surface area (Å²) < 4.78 is 0. The zero-order chi connectivity index (χ0) is 17.8. The molecule has 0 amide bonds. The van der Waals surface area contributed by atoms with E-state index in [2.05, 4.69) is 97.1 Å². The first-order chi connectivity index (χ1) is 12.8. The van der Waals surface area contributed by atoms with Crippen molar-refractivity contribution >= 4 is 23.8 Å². The van der Waals surface area contributed by atoms with Crippen LogP contribution >= 0.6 is 7.92 Å². The Morgan fingerprint density at radius 2 is 1.15 bits per heavy atom. The third-order valence-corrected chi connectivity index (χ3v) is 6.84. The highest BCUT2D eigenvalue weighted by Gasteiger charge is 2.20. The van der Waals surface area contributed by atoms with E-state index in [1.807, 2.05) is 13.0 Å². The molecule has 1 aromatic heterocycles. The number of benzene rings is 3. The van der Waals surface area contributed by atoms with Gasteiger partial charge >= 0.3 is 0 Å². The lowest BCUT2D eigenvalue weighted by Gasteiger charge is -2.22. The van der Waals surface area contributed by atoms with E-state index < -0.39 is 7.92 Å². The molecule has 4 aromatic rings. The van der Waals surface area contributed by atoms with E-state index in [4.69, 9.17) is 4.98 Å². The van der Waals surface area contributed by atoms with Gasteiger partial charge in [0.2, 0.25) is 0 Å². The van der Waals surface area contributed by atoms with Crippen molar-refractivity contribution in [2.45, 2.75) is 6.92 Å². The second-order valence-corrected chi connectivity index (χ2v) is 8.37. The molecule has 0 saturated carbocycles. The Labute approximate surface area is 156 Å². The Balaban J connectivity index is 1.93. The highest BCUT2D eigenvalue weighted by molar-refractivity contribution is 7.80. The van der Waals surface area contributed by atoms with E-state index in [1.54, 1.807) is 0 Å². The fourth-order valence-corrected chi connectivity index (χ4v) is 5.62. The summed E-state index contributed by atoms with van der Waals surface area (Å²) in [7, 11) is -0.640. The summed E-state index contributed by atoms with van der Waals surface area (Å²) in [4.78, 5) is 4.78. The van der Waals surface area contributed by atoms with Gasteiger partial charge in [-0.1, -0.05) is 91.0 Å². The van der Waals surface area contributed by atoms with Gasteiger partial charge in [-0.3, -0.25) is 4.98 Å². The molecule has 126 valence electrons. The summed E-state index contributed by atoms with van der Waals surface area (Å²) in [6, 6.07) is 36.5. The molecule has 26 heavy (non-hydrogen) atoms. The molecule has 0 unspecified atom stereocenters. The van der Waals surface area contributed by atoms with E-state index >= 15 is 0 Å². The Morgan fingerprint density at radius 1 is 0.577 bits per heavy atom. The van der Waals surface area contributed by atoms with Gasteiger partial charge < -0.3 is 0 Å². The van der Waals surface area contributed by atoms with Gasteiger partial charge in [-0.25, -0.2) is 0 Å². The Morgan fingerprint density at radius 3 is 1.77 bits per heavy atom. The summed E-state index contributed by atoms with van der Waals surface area (Å²) >= 11 is 0. The van der Waals surface area contributed by atoms with Gasteiger partial charge in [0.05, 0.1) is 5.69 Å². The van der Waals surface area contributed by atoms with Crippen LogP contribution in [-0.4, -0.2) is 4.98 Å². The van der Waals surface area contributed by atoms with Crippen LogP contribution < -0.4 is 15.9 Å². The lowest BCUT2D eigenvalue weighted by atomic mass is 10.1. The van der Waals surface area contributed by atoms with Crippen LogP contribution in [0.3, 0.4) is 0 Å². The zero-order valence-corrected chi connectivity index (χ0v) is 15.6. The van der Waals surface area contributed by atoms with Crippen molar-refractivity contribution < 1.29 is 0 Å². The van der Waals surface area contributed by atoms with Crippen molar-refractivity contribution in [1.29, 1.82) is 0 Å². The molecule has 0 aliphatic carbocycles. The molecule has 0 saturated heterocycles. The molecule has 0 N–H and O–H groups in total. The van der Waals surface area contributed by atoms with Gasteiger partial charge in [-0.2, -0.15) is 0 Å². The number of rotatable bonds is 4. The highest BCUT2D eigenvalue weighted by Crippen LogP contribution is 2.36. The van der Waals surface area contributed by atoms with Crippen molar-refractivity contribution in [3.63, 3.8) is 0 Å². The second-order valence-electron chi connectivity index (χ2n) is 6.19. The van der Waals surface area contributed by atoms with Crippen LogP contribution in [0.5, 0.6) is 0 Å². The fourth-order valence-electron chi connectivity index (χ4n) is 3.16. The zero-order valence-electron chi connectivity index (χ0n) is 14.7. The quantitative estimate of drug-likeness (QED) is 0.480. The first kappa shape index (κ1) is 16.7. The summed E-state index contributed by atoms with van der Waals surface area (Å²) in [5.41, 5.74) is 3.30. The van der Waals surface area contributed by atoms with Gasteiger partial charge in [0.25, 0.3) is 0 Å². The number of aromatic nitrogens is 1. The topological polar surface area (TPSA) is 12.9 Å². The van der Waals surface area contributed by atoms with E-state index in [-0.39, 0.29) is 0 Å². The molecule has 0 bridgehead atoms. The normalized spacial score (nSPS) is 10.8. The average Bonchev–Trinajstić information content (AvgIpc) is 2.70. The summed E-state index contributed by atoms with van der Waals surface area (Å²) in [6.07, 6.45) is 0. The van der Waals surface area contributed by atoms with Crippen LogP contribution in [0.25, 0.3) is 11.3 Å². The first-order valence-electron chi connectivity index (χ1n) is 8.76. The maximum Gasteiger partial charge on any atom is 0.0711 e. The SMILES string of the molecule is Cc1cccc(-c2ccccc2P(c2ccccc2)c2ccccc2)n1. The van der Waals surface area contributed by atoms with Gasteiger partial charge in [0.15, 0.2) is 0 Å². The Hall–Kier alpha value is -2.76. The predicted molar refractivity (Wildman–Crippen MR) is 113 cm³/mol. The van der Waals surface area contributed by atoms with Crippen LogP contribution in [-0.2, 0) is 0 Å². The highest BCUT2D eigenvalue weighted by atomic mass is 31.1. The molecule has 1 heterocycles. The van der Waals surface area contributed by atoms with Gasteiger partial charge in [-0.15, -0.1) is 0 Å². The molecule has 3 aromatic carbocycles. The molecular formula is C24H20NP. The van der Waals surface area contributed by atoms with Crippen LogP contribution in [0.2, 0.25) is 0 Å². The number of aryl methyl sites for hydroxylation is 1. The summed E-state index contributed by atoms with van der Waals surface area (Å²) in [5, 5.41) is 4.06. The number of hydrogen-bond acceptors (Lipinski definition) is 1. The number of hydrogen-bond donors (Lipinski definition) is 0. The minimum atomic E-state index is -0.640. The van der Waals surface area contributed by atoms with Gasteiger partial charge in [0, 0.05) is 11.3 Å². The lowest BCUT2D eigenvalue weighted by Crippen LogP contribution is -2.22. The predicted octanol–water partition coefficient (Wildman–Crippen LogP) is 4.82. The fraction of sp³-hybridized carbons (Fsp3) is 0.0417. The van der Waals surface area contributed by atoms with Crippen LogP contribution in [0.1, 0.15) is 5.69 Å². The molecule has 2 heteroatoms. The molecule has 1 nitrogen and oxygen atoms in total. The van der Waals surface area contributed by atoms with Gasteiger partial charge in [0.1, 0.15) is 0 Å². The van der Waals surface area contributed by atoms with Crippen LogP contribution in [0.15, 0.2) is 103 Å². The molecule has 0 fully saturated rings. The van der Waals surface area contributed by atoms with Crippen LogP contribution in [0.4, 0.5) is 0 Å². The Kier molecular flexibility index (Phi) is 4.91. The van der Waals surface area contributed by atoms with Crippen molar-refractivity contribution in [2.24, 2.45) is 0 Å². The van der Waals surface area contributed by atoms with Crippen molar-refractivity contribution in [3.8, 4) is 11.3 Å². The van der Waals surface area contributed by atoms with Crippen molar-refractivity contribution in [3.05, 3.63) is 109 Å². The van der Waals surface area contributed by atoms with Crippen molar-refractivity contribution in [2.75, 3.05) is 0 Å². The van der Waals surface area contributed by atoms with Crippen molar-refractivity contribution in [1.82, 2.24) is 4.98 Å². The Bertz CT molecular complexity index is 957. The minimum Gasteiger partial charge on any atom is -0.253 e. The molecule has 0 aliphatic rings. The standard InChI is InChI=1S/C24H20NP/c1-19-11-10-17-23(25-19)22-16-8-9-18-24(22)26(20-12-4-2-5-13-20)21-14-6-3-7-15-21/h2-18H,1H3. The summed E-state index contributed by atoms with van der Waals surface area (Å²) in [5.74, 6) is 0. The minimum absolute atomic E-state index is 0.640. The number of nitrogens with zero attached hydrogens (tertiary/aromatic N) is 1. The van der Waals surface area contributed by atoms with E-state index in [9.17, 15) is 0 Å². The molecule has 4 rings (SSSR count). The molecule has 0 radical (unpaired) electrons. The second kappa shape index (κ2) is 7.64. The van der Waals surface area contributed by atoms with E-state index in [1.165, 1.54) is 21.5 Å². The third-order valence-electron chi connectivity index (χ3n) is 4.34. The number of pyridine rings is 1. The summed E-state index contributed by atoms with van der Waals surface area (Å²) in [6.45, 7) is 2.04. The maximum atomic E-state index is 4.78. The largest absolute Gasteiger partial charge is 0.253 e. The van der Waals surface area contributed by atoms with E-state index in [0.29, 0.717) is 0 Å². The molecule has 0 atom stereocenters. The maximum absolute atomic E-state index is 4.78. The smallest absolute Gasteiger partial charge is 0.0711 e. The third kappa shape index (κ3) is 3.45. The monoisotopic (exact) mass is 353 g/mol. The van der Waals surface area contributed by atoms with Gasteiger partial charge in [-0.05, 0) is 42.9 Å². The van der Waals surface area contributed by atoms with Crippen LogP contribution in [0, 0.1) is 6.92 Å². The average molecular weight is 353 g/mol. The molecule has 0 spiro atoms.